The summed E-state index contributed by atoms with van der Waals surface area (Å²) < 4.78 is 10.7. The lowest BCUT2D eigenvalue weighted by atomic mass is 10.1. The molecule has 0 bridgehead atoms. The summed E-state index contributed by atoms with van der Waals surface area (Å²) in [6, 6.07) is 11.6. The monoisotopic (exact) mass is 413 g/mol. The predicted octanol–water partition coefficient (Wildman–Crippen LogP) is 2.24. The summed E-state index contributed by atoms with van der Waals surface area (Å²) in [5.41, 5.74) is 6.56. The number of carbonyl (C=O) groups is 3. The minimum atomic E-state index is -0.518. The van der Waals surface area contributed by atoms with Crippen molar-refractivity contribution in [3.05, 3.63) is 59.2 Å². The van der Waals surface area contributed by atoms with Crippen LogP contribution < -0.4 is 25.6 Å². The molecule has 0 atom stereocenters. The number of ether oxygens (including phenoxy) is 2. The first-order valence-corrected chi connectivity index (χ1v) is 9.63. The fourth-order valence-electron chi connectivity index (χ4n) is 2.58. The Morgan fingerprint density at radius 2 is 1.50 bits per heavy atom. The van der Waals surface area contributed by atoms with Gasteiger partial charge < -0.3 is 14.8 Å². The van der Waals surface area contributed by atoms with E-state index >= 15 is 0 Å². The molecule has 0 saturated carbocycles. The van der Waals surface area contributed by atoms with Gasteiger partial charge in [-0.15, -0.1) is 0 Å². The van der Waals surface area contributed by atoms with E-state index < -0.39 is 11.8 Å². The number of hydrogen-bond donors (Lipinski definition) is 3. The van der Waals surface area contributed by atoms with Gasteiger partial charge in [0.05, 0.1) is 7.11 Å². The number of carbonyl (C=O) groups excluding carboxylic acids is 3. The van der Waals surface area contributed by atoms with Gasteiger partial charge in [0.25, 0.3) is 17.7 Å². The molecule has 3 amide bonds. The molecule has 8 heteroatoms. The zero-order valence-electron chi connectivity index (χ0n) is 17.6. The number of hydrogen-bond acceptors (Lipinski definition) is 5. The number of amides is 3. The Bertz CT molecular complexity index is 894. The molecule has 2 rings (SSSR count). The lowest BCUT2D eigenvalue weighted by Gasteiger charge is -2.13. The molecule has 160 valence electrons. The highest BCUT2D eigenvalue weighted by molar-refractivity contribution is 5.99. The van der Waals surface area contributed by atoms with Crippen molar-refractivity contribution in [2.24, 2.45) is 0 Å². The molecule has 0 heterocycles. The quantitative estimate of drug-likeness (QED) is 0.576. The van der Waals surface area contributed by atoms with Crippen molar-refractivity contribution in [3.8, 4) is 11.5 Å². The fourth-order valence-corrected chi connectivity index (χ4v) is 2.58. The van der Waals surface area contributed by atoms with Gasteiger partial charge in [-0.25, -0.2) is 0 Å². The first kappa shape index (κ1) is 22.7. The Morgan fingerprint density at radius 3 is 2.07 bits per heavy atom. The van der Waals surface area contributed by atoms with Gasteiger partial charge in [0, 0.05) is 17.2 Å². The van der Waals surface area contributed by atoms with E-state index in [1.165, 1.54) is 25.3 Å². The number of methoxy groups -OCH3 is 1. The fraction of sp³-hybridized carbons (Fsp3) is 0.318. The highest BCUT2D eigenvalue weighted by atomic mass is 16.5. The largest absolute Gasteiger partial charge is 0.493 e. The molecule has 0 fully saturated rings. The molecule has 0 spiro atoms. The van der Waals surface area contributed by atoms with Gasteiger partial charge in [0.2, 0.25) is 0 Å². The summed E-state index contributed by atoms with van der Waals surface area (Å²) in [7, 11) is 1.43. The number of aryl methyl sites for hydroxylation is 1. The van der Waals surface area contributed by atoms with E-state index in [0.717, 1.165) is 12.0 Å². The summed E-state index contributed by atoms with van der Waals surface area (Å²) in [6.45, 7) is 5.56. The summed E-state index contributed by atoms with van der Waals surface area (Å²) in [4.78, 5) is 36.3. The number of nitrogens with one attached hydrogen (secondary N) is 3. The third-order valence-electron chi connectivity index (χ3n) is 4.15. The van der Waals surface area contributed by atoms with E-state index in [1.54, 1.807) is 12.1 Å². The molecule has 0 aromatic heterocycles. The van der Waals surface area contributed by atoms with E-state index in [1.807, 2.05) is 32.9 Å². The average molecular weight is 413 g/mol. The van der Waals surface area contributed by atoms with Crippen LogP contribution in [0.15, 0.2) is 42.5 Å². The van der Waals surface area contributed by atoms with Crippen molar-refractivity contribution < 1.29 is 23.9 Å². The molecule has 0 aliphatic heterocycles. The molecular formula is C22H27N3O5. The second-order valence-electron chi connectivity index (χ2n) is 6.84. The van der Waals surface area contributed by atoms with Crippen LogP contribution in [0.4, 0.5) is 0 Å². The van der Waals surface area contributed by atoms with Crippen molar-refractivity contribution in [2.45, 2.75) is 33.2 Å². The van der Waals surface area contributed by atoms with Gasteiger partial charge in [-0.05, 0) is 56.2 Å². The molecule has 30 heavy (non-hydrogen) atoms. The van der Waals surface area contributed by atoms with E-state index in [-0.39, 0.29) is 24.1 Å². The van der Waals surface area contributed by atoms with E-state index in [0.29, 0.717) is 17.1 Å². The molecule has 2 aromatic carbocycles. The Labute approximate surface area is 175 Å². The van der Waals surface area contributed by atoms with Crippen LogP contribution >= 0.6 is 0 Å². The molecule has 3 N–H and O–H groups in total. The lowest BCUT2D eigenvalue weighted by molar-refractivity contribution is -0.123. The van der Waals surface area contributed by atoms with Crippen molar-refractivity contribution >= 4 is 17.7 Å². The van der Waals surface area contributed by atoms with Gasteiger partial charge in [-0.3, -0.25) is 25.2 Å². The maximum absolute atomic E-state index is 12.4. The minimum absolute atomic E-state index is 0.00820. The van der Waals surface area contributed by atoms with Crippen molar-refractivity contribution in [2.75, 3.05) is 13.7 Å². The van der Waals surface area contributed by atoms with Crippen LogP contribution in [0.25, 0.3) is 0 Å². The summed E-state index contributed by atoms with van der Waals surface area (Å²) >= 11 is 0. The van der Waals surface area contributed by atoms with Gasteiger partial charge in [-0.1, -0.05) is 19.1 Å². The Morgan fingerprint density at radius 1 is 0.900 bits per heavy atom. The Kier molecular flexibility index (Phi) is 8.22. The van der Waals surface area contributed by atoms with Crippen LogP contribution in [0.1, 0.15) is 47.1 Å². The predicted molar refractivity (Wildman–Crippen MR) is 113 cm³/mol. The second-order valence-corrected chi connectivity index (χ2v) is 6.84. The second kappa shape index (κ2) is 10.8. The highest BCUT2D eigenvalue weighted by Crippen LogP contribution is 2.28. The molecule has 0 aliphatic carbocycles. The summed E-state index contributed by atoms with van der Waals surface area (Å²) in [6.07, 6.45) is 0.878. The zero-order valence-corrected chi connectivity index (χ0v) is 17.6. The van der Waals surface area contributed by atoms with Gasteiger partial charge in [-0.2, -0.15) is 0 Å². The highest BCUT2D eigenvalue weighted by Gasteiger charge is 2.14. The Hall–Kier alpha value is -3.55. The molecule has 0 saturated heterocycles. The van der Waals surface area contributed by atoms with Gasteiger partial charge in [0.1, 0.15) is 0 Å². The summed E-state index contributed by atoms with van der Waals surface area (Å²) in [5.74, 6) is -0.581. The van der Waals surface area contributed by atoms with Crippen LogP contribution in [0, 0.1) is 0 Å². The van der Waals surface area contributed by atoms with Crippen LogP contribution in [-0.4, -0.2) is 37.5 Å². The van der Waals surface area contributed by atoms with Crippen molar-refractivity contribution in [1.82, 2.24) is 16.2 Å². The molecule has 8 nitrogen and oxygen atoms in total. The lowest BCUT2D eigenvalue weighted by Crippen LogP contribution is -2.41. The smallest absolute Gasteiger partial charge is 0.269 e. The number of rotatable bonds is 8. The van der Waals surface area contributed by atoms with Crippen LogP contribution in [0.2, 0.25) is 0 Å². The molecular weight excluding hydrogens is 386 g/mol. The Balaban J connectivity index is 1.96. The third-order valence-corrected chi connectivity index (χ3v) is 4.15. The topological polar surface area (TPSA) is 106 Å². The average Bonchev–Trinajstić information content (AvgIpc) is 2.75. The molecule has 0 radical (unpaired) electrons. The van der Waals surface area contributed by atoms with E-state index in [4.69, 9.17) is 9.47 Å². The van der Waals surface area contributed by atoms with E-state index in [9.17, 15) is 14.4 Å². The van der Waals surface area contributed by atoms with Crippen LogP contribution in [-0.2, 0) is 11.2 Å². The normalized spacial score (nSPS) is 10.3. The number of benzene rings is 2. The van der Waals surface area contributed by atoms with Gasteiger partial charge >= 0.3 is 0 Å². The van der Waals surface area contributed by atoms with Crippen molar-refractivity contribution in [1.29, 1.82) is 0 Å². The maximum atomic E-state index is 12.4. The minimum Gasteiger partial charge on any atom is -0.493 e. The zero-order chi connectivity index (χ0) is 22.1. The van der Waals surface area contributed by atoms with E-state index in [2.05, 4.69) is 16.2 Å². The summed E-state index contributed by atoms with van der Waals surface area (Å²) in [5, 5.41) is 2.72. The first-order chi connectivity index (χ1) is 14.3. The molecule has 2 aromatic rings. The standard InChI is InChI=1S/C22H27N3O5/c1-5-15-6-8-16(9-7-15)21(27)24-25-22(28)17-10-11-18(19(12-17)29-4)30-13-20(26)23-14(2)3/h6-12,14H,5,13H2,1-4H3,(H,23,26)(H,24,27)(H,25,28). The maximum Gasteiger partial charge on any atom is 0.269 e. The van der Waals surface area contributed by atoms with Crippen molar-refractivity contribution in [3.63, 3.8) is 0 Å². The SMILES string of the molecule is CCc1ccc(C(=O)NNC(=O)c2ccc(OCC(=O)NC(C)C)c(OC)c2)cc1. The van der Waals surface area contributed by atoms with Crippen LogP contribution in [0.5, 0.6) is 11.5 Å². The van der Waals surface area contributed by atoms with Crippen LogP contribution in [0.3, 0.4) is 0 Å². The first-order valence-electron chi connectivity index (χ1n) is 9.63. The third kappa shape index (κ3) is 6.51. The molecule has 0 aliphatic rings. The van der Waals surface area contributed by atoms with Gasteiger partial charge in [0.15, 0.2) is 18.1 Å². The number of hydrazine groups is 1. The molecule has 0 unspecified atom stereocenters.